The molecule has 0 bridgehead atoms. The van der Waals surface area contributed by atoms with E-state index < -0.39 is 0 Å². The van der Waals surface area contributed by atoms with E-state index in [1.54, 1.807) is 13.0 Å². The second-order valence-electron chi connectivity index (χ2n) is 2.82. The SMILES string of the molecule is CC[C](O)c1cc(C)cc(F)c1. The number of rotatable bonds is 2. The largest absolute Gasteiger partial charge is 0.382 e. The first kappa shape index (κ1) is 9.20. The minimum atomic E-state index is -0.301. The molecular formula is C10H12FO. The minimum Gasteiger partial charge on any atom is -0.382 e. The van der Waals surface area contributed by atoms with Crippen LogP contribution in [0, 0.1) is 18.8 Å². The summed E-state index contributed by atoms with van der Waals surface area (Å²) < 4.78 is 12.8. The lowest BCUT2D eigenvalue weighted by Gasteiger charge is -2.07. The highest BCUT2D eigenvalue weighted by atomic mass is 19.1. The van der Waals surface area contributed by atoms with Gasteiger partial charge in [-0.1, -0.05) is 13.0 Å². The fourth-order valence-electron chi connectivity index (χ4n) is 1.11. The summed E-state index contributed by atoms with van der Waals surface area (Å²) in [4.78, 5) is 0. The van der Waals surface area contributed by atoms with Crippen LogP contribution in [-0.2, 0) is 0 Å². The van der Waals surface area contributed by atoms with Gasteiger partial charge in [-0.3, -0.25) is 0 Å². The molecule has 0 unspecified atom stereocenters. The molecule has 1 rings (SSSR count). The second kappa shape index (κ2) is 3.68. The first-order chi connectivity index (χ1) is 5.63. The standard InChI is InChI=1S/C10H12FO/c1-3-10(12)8-4-7(2)5-9(11)6-8/h4-6,12H,3H2,1-2H3. The van der Waals surface area contributed by atoms with Crippen molar-refractivity contribution < 1.29 is 9.50 Å². The Morgan fingerprint density at radius 2 is 2.08 bits per heavy atom. The monoisotopic (exact) mass is 167 g/mol. The van der Waals surface area contributed by atoms with Crippen LogP contribution in [0.2, 0.25) is 0 Å². The van der Waals surface area contributed by atoms with Crippen LogP contribution >= 0.6 is 0 Å². The molecule has 1 radical (unpaired) electrons. The Hall–Kier alpha value is -0.890. The number of hydrogen-bond acceptors (Lipinski definition) is 1. The van der Waals surface area contributed by atoms with Crippen molar-refractivity contribution in [2.45, 2.75) is 20.3 Å². The molecule has 0 fully saturated rings. The quantitative estimate of drug-likeness (QED) is 0.718. The van der Waals surface area contributed by atoms with Crippen LogP contribution < -0.4 is 0 Å². The van der Waals surface area contributed by atoms with Gasteiger partial charge in [-0.15, -0.1) is 0 Å². The zero-order chi connectivity index (χ0) is 9.14. The molecule has 0 aliphatic rings. The Morgan fingerprint density at radius 1 is 1.42 bits per heavy atom. The van der Waals surface area contributed by atoms with Crippen molar-refractivity contribution in [2.24, 2.45) is 0 Å². The zero-order valence-corrected chi connectivity index (χ0v) is 7.26. The Morgan fingerprint density at radius 3 is 2.58 bits per heavy atom. The molecule has 65 valence electrons. The molecule has 0 saturated heterocycles. The first-order valence-corrected chi connectivity index (χ1v) is 3.96. The molecule has 1 aromatic rings. The van der Waals surface area contributed by atoms with E-state index in [1.807, 2.05) is 6.92 Å². The van der Waals surface area contributed by atoms with Crippen molar-refractivity contribution in [3.63, 3.8) is 0 Å². The van der Waals surface area contributed by atoms with Crippen LogP contribution in [-0.4, -0.2) is 5.11 Å². The molecule has 0 amide bonds. The third-order valence-electron chi connectivity index (χ3n) is 1.71. The van der Waals surface area contributed by atoms with Crippen LogP contribution in [0.5, 0.6) is 0 Å². The lowest BCUT2D eigenvalue weighted by molar-refractivity contribution is 0.318. The lowest BCUT2D eigenvalue weighted by Crippen LogP contribution is -1.97. The number of aryl methyl sites for hydroxylation is 1. The summed E-state index contributed by atoms with van der Waals surface area (Å²) in [6.07, 6.45) is 0.765. The van der Waals surface area contributed by atoms with Gasteiger partial charge < -0.3 is 5.11 Å². The zero-order valence-electron chi connectivity index (χ0n) is 7.26. The van der Waals surface area contributed by atoms with E-state index in [-0.39, 0.29) is 11.9 Å². The summed E-state index contributed by atoms with van der Waals surface area (Å²) in [5.41, 5.74) is 1.40. The van der Waals surface area contributed by atoms with E-state index in [4.69, 9.17) is 0 Å². The van der Waals surface area contributed by atoms with E-state index in [0.29, 0.717) is 12.0 Å². The molecule has 0 atom stereocenters. The number of aliphatic hydroxyl groups is 1. The van der Waals surface area contributed by atoms with Gasteiger partial charge in [0.1, 0.15) is 11.9 Å². The van der Waals surface area contributed by atoms with Crippen molar-refractivity contribution in [3.05, 3.63) is 41.2 Å². The third-order valence-corrected chi connectivity index (χ3v) is 1.71. The molecule has 0 spiro atoms. The molecule has 0 aliphatic carbocycles. The molecule has 1 N–H and O–H groups in total. The van der Waals surface area contributed by atoms with Crippen LogP contribution in [0.15, 0.2) is 18.2 Å². The fraction of sp³-hybridized carbons (Fsp3) is 0.300. The van der Waals surface area contributed by atoms with Crippen molar-refractivity contribution in [1.29, 1.82) is 0 Å². The highest BCUT2D eigenvalue weighted by Gasteiger charge is 2.07. The van der Waals surface area contributed by atoms with E-state index in [1.165, 1.54) is 12.1 Å². The second-order valence-corrected chi connectivity index (χ2v) is 2.82. The van der Waals surface area contributed by atoms with Crippen LogP contribution in [0.25, 0.3) is 0 Å². The van der Waals surface area contributed by atoms with Crippen molar-refractivity contribution in [3.8, 4) is 0 Å². The molecule has 2 heteroatoms. The van der Waals surface area contributed by atoms with Gasteiger partial charge in [0.05, 0.1) is 0 Å². The fourth-order valence-corrected chi connectivity index (χ4v) is 1.11. The predicted molar refractivity (Wildman–Crippen MR) is 45.7 cm³/mol. The molecule has 1 aromatic carbocycles. The van der Waals surface area contributed by atoms with E-state index in [0.717, 1.165) is 5.56 Å². The average Bonchev–Trinajstić information content (AvgIpc) is 2.01. The van der Waals surface area contributed by atoms with Gasteiger partial charge in [-0.2, -0.15) is 0 Å². The van der Waals surface area contributed by atoms with E-state index in [9.17, 15) is 9.50 Å². The number of halogens is 1. The number of aliphatic hydroxyl groups excluding tert-OH is 1. The van der Waals surface area contributed by atoms with E-state index >= 15 is 0 Å². The summed E-state index contributed by atoms with van der Waals surface area (Å²) >= 11 is 0. The Balaban J connectivity index is 3.00. The maximum Gasteiger partial charge on any atom is 0.123 e. The van der Waals surface area contributed by atoms with Gasteiger partial charge in [-0.05, 0) is 36.6 Å². The van der Waals surface area contributed by atoms with Crippen molar-refractivity contribution in [1.82, 2.24) is 0 Å². The van der Waals surface area contributed by atoms with Gasteiger partial charge >= 0.3 is 0 Å². The maximum atomic E-state index is 12.8. The summed E-state index contributed by atoms with van der Waals surface area (Å²) in [5.74, 6) is -0.301. The normalized spacial score (nSPS) is 10.8. The Labute approximate surface area is 71.9 Å². The lowest BCUT2D eigenvalue weighted by atomic mass is 10.0. The summed E-state index contributed by atoms with van der Waals surface area (Å²) in [6.45, 7) is 3.63. The Kier molecular flexibility index (Phi) is 2.82. The van der Waals surface area contributed by atoms with Crippen LogP contribution in [0.4, 0.5) is 4.39 Å². The molecule has 12 heavy (non-hydrogen) atoms. The van der Waals surface area contributed by atoms with Gasteiger partial charge in [0.15, 0.2) is 0 Å². The molecule has 0 aromatic heterocycles. The van der Waals surface area contributed by atoms with Gasteiger partial charge in [-0.25, -0.2) is 4.39 Å². The smallest absolute Gasteiger partial charge is 0.123 e. The summed E-state index contributed by atoms with van der Waals surface area (Å²) in [5, 5.41) is 9.33. The summed E-state index contributed by atoms with van der Waals surface area (Å²) in [6, 6.07) is 4.54. The number of benzene rings is 1. The Bertz CT molecular complexity index is 250. The molecule has 0 saturated carbocycles. The highest BCUT2D eigenvalue weighted by Crippen LogP contribution is 2.17. The van der Waals surface area contributed by atoms with Gasteiger partial charge in [0, 0.05) is 0 Å². The van der Waals surface area contributed by atoms with E-state index in [2.05, 4.69) is 0 Å². The van der Waals surface area contributed by atoms with Crippen LogP contribution in [0.3, 0.4) is 0 Å². The molecule has 0 aliphatic heterocycles. The van der Waals surface area contributed by atoms with Gasteiger partial charge in [0.25, 0.3) is 0 Å². The molecular weight excluding hydrogens is 155 g/mol. The average molecular weight is 167 g/mol. The third kappa shape index (κ3) is 2.05. The number of hydrogen-bond donors (Lipinski definition) is 1. The summed E-state index contributed by atoms with van der Waals surface area (Å²) in [7, 11) is 0. The van der Waals surface area contributed by atoms with Gasteiger partial charge in [0.2, 0.25) is 0 Å². The maximum absolute atomic E-state index is 12.8. The predicted octanol–water partition coefficient (Wildman–Crippen LogP) is 2.80. The highest BCUT2D eigenvalue weighted by molar-refractivity contribution is 5.31. The topological polar surface area (TPSA) is 20.2 Å². The van der Waals surface area contributed by atoms with Crippen molar-refractivity contribution >= 4 is 0 Å². The minimum absolute atomic E-state index is 0.234. The van der Waals surface area contributed by atoms with Crippen molar-refractivity contribution in [2.75, 3.05) is 0 Å². The first-order valence-electron chi connectivity index (χ1n) is 3.96. The molecule has 1 nitrogen and oxygen atoms in total. The van der Waals surface area contributed by atoms with Crippen LogP contribution in [0.1, 0.15) is 24.5 Å². The molecule has 0 heterocycles.